The predicted molar refractivity (Wildman–Crippen MR) is 130 cm³/mol. The van der Waals surface area contributed by atoms with Crippen molar-refractivity contribution in [1.29, 1.82) is 0 Å². The normalized spacial score (nSPS) is 10.8. The number of pyridine rings is 2. The number of benzene rings is 2. The van der Waals surface area contributed by atoms with Gasteiger partial charge in [-0.3, -0.25) is 14.4 Å². The van der Waals surface area contributed by atoms with Crippen LogP contribution in [0.5, 0.6) is 0 Å². The monoisotopic (exact) mass is 440 g/mol. The molecule has 2 amide bonds. The Balaban J connectivity index is 1.70. The molecule has 0 atom stereocenters. The minimum absolute atomic E-state index is 0.0593. The van der Waals surface area contributed by atoms with Crippen LogP contribution in [0, 0.1) is 20.8 Å². The van der Waals surface area contributed by atoms with E-state index >= 15 is 0 Å². The molecule has 33 heavy (non-hydrogen) atoms. The highest BCUT2D eigenvalue weighted by atomic mass is 16.2. The van der Waals surface area contributed by atoms with Crippen LogP contribution in [-0.2, 0) is 11.3 Å². The first-order valence-corrected chi connectivity index (χ1v) is 10.6. The fourth-order valence-electron chi connectivity index (χ4n) is 3.54. The van der Waals surface area contributed by atoms with E-state index in [2.05, 4.69) is 15.6 Å². The summed E-state index contributed by atoms with van der Waals surface area (Å²) in [7, 11) is 0. The second-order valence-electron chi connectivity index (χ2n) is 7.99. The summed E-state index contributed by atoms with van der Waals surface area (Å²) in [5.74, 6) is -0.835. The highest BCUT2D eigenvalue weighted by Crippen LogP contribution is 2.16. The SMILES string of the molecule is Cc1ccc2c(=O)c(C(=O)Nc3ccccc3)cn(CC(=O)Nc3ccc(C)c(C)c3)c2n1. The Morgan fingerprint density at radius 3 is 2.36 bits per heavy atom. The van der Waals surface area contributed by atoms with Gasteiger partial charge in [0, 0.05) is 23.3 Å². The number of para-hydroxylation sites is 1. The van der Waals surface area contributed by atoms with Crippen LogP contribution < -0.4 is 16.1 Å². The number of aryl methyl sites for hydroxylation is 3. The van der Waals surface area contributed by atoms with E-state index in [1.165, 1.54) is 6.20 Å². The molecule has 0 spiro atoms. The van der Waals surface area contributed by atoms with Crippen LogP contribution in [0.2, 0.25) is 0 Å². The number of amides is 2. The number of fused-ring (bicyclic) bond motifs is 1. The molecule has 0 radical (unpaired) electrons. The van der Waals surface area contributed by atoms with Crippen molar-refractivity contribution in [3.63, 3.8) is 0 Å². The zero-order chi connectivity index (χ0) is 23.5. The molecule has 2 aromatic heterocycles. The lowest BCUT2D eigenvalue weighted by Crippen LogP contribution is -2.27. The summed E-state index contributed by atoms with van der Waals surface area (Å²) in [5, 5.41) is 5.89. The van der Waals surface area contributed by atoms with E-state index in [0.717, 1.165) is 11.1 Å². The summed E-state index contributed by atoms with van der Waals surface area (Å²) in [6.07, 6.45) is 1.40. The van der Waals surface area contributed by atoms with Crippen LogP contribution in [0.15, 0.2) is 71.7 Å². The van der Waals surface area contributed by atoms with E-state index in [0.29, 0.717) is 22.7 Å². The van der Waals surface area contributed by atoms with Gasteiger partial charge in [-0.2, -0.15) is 0 Å². The number of aromatic nitrogens is 2. The average molecular weight is 441 g/mol. The lowest BCUT2D eigenvalue weighted by atomic mass is 10.1. The highest BCUT2D eigenvalue weighted by Gasteiger charge is 2.18. The summed E-state index contributed by atoms with van der Waals surface area (Å²) >= 11 is 0. The van der Waals surface area contributed by atoms with Crippen molar-refractivity contribution in [2.24, 2.45) is 0 Å². The zero-order valence-electron chi connectivity index (χ0n) is 18.7. The maximum absolute atomic E-state index is 13.1. The van der Waals surface area contributed by atoms with Crippen LogP contribution in [0.1, 0.15) is 27.2 Å². The van der Waals surface area contributed by atoms with Crippen molar-refractivity contribution >= 4 is 34.2 Å². The fourth-order valence-corrected chi connectivity index (χ4v) is 3.54. The van der Waals surface area contributed by atoms with Gasteiger partial charge in [-0.25, -0.2) is 4.98 Å². The predicted octanol–water partition coefficient (Wildman–Crippen LogP) is 4.21. The summed E-state index contributed by atoms with van der Waals surface area (Å²) in [6.45, 7) is 5.68. The molecule has 7 heteroatoms. The second kappa shape index (κ2) is 9.08. The van der Waals surface area contributed by atoms with Gasteiger partial charge in [-0.15, -0.1) is 0 Å². The van der Waals surface area contributed by atoms with Gasteiger partial charge in [0.15, 0.2) is 0 Å². The number of carbonyl (C=O) groups excluding carboxylic acids is 2. The third-order valence-electron chi connectivity index (χ3n) is 5.44. The largest absolute Gasteiger partial charge is 0.325 e. The minimum Gasteiger partial charge on any atom is -0.325 e. The van der Waals surface area contributed by atoms with Crippen LogP contribution in [0.3, 0.4) is 0 Å². The Labute approximate surface area is 191 Å². The molecule has 4 aromatic rings. The number of nitrogens with zero attached hydrogens (tertiary/aromatic N) is 2. The van der Waals surface area contributed by atoms with Crippen LogP contribution in [-0.4, -0.2) is 21.4 Å². The highest BCUT2D eigenvalue weighted by molar-refractivity contribution is 6.05. The van der Waals surface area contributed by atoms with Crippen molar-refractivity contribution in [1.82, 2.24) is 9.55 Å². The van der Waals surface area contributed by atoms with Crippen molar-refractivity contribution in [2.45, 2.75) is 27.3 Å². The first-order valence-electron chi connectivity index (χ1n) is 10.6. The summed E-state index contributed by atoms with van der Waals surface area (Å²) < 4.78 is 1.54. The molecular weight excluding hydrogens is 416 g/mol. The summed E-state index contributed by atoms with van der Waals surface area (Å²) in [4.78, 5) is 43.2. The maximum atomic E-state index is 13.1. The van der Waals surface area contributed by atoms with Crippen molar-refractivity contribution in [3.05, 3.63) is 99.5 Å². The Kier molecular flexibility index (Phi) is 6.04. The van der Waals surface area contributed by atoms with Crippen molar-refractivity contribution in [2.75, 3.05) is 10.6 Å². The van der Waals surface area contributed by atoms with Gasteiger partial charge in [0.25, 0.3) is 5.91 Å². The third kappa shape index (κ3) is 4.82. The number of hydrogen-bond acceptors (Lipinski definition) is 4. The molecule has 2 N–H and O–H groups in total. The molecule has 0 aliphatic carbocycles. The second-order valence-corrected chi connectivity index (χ2v) is 7.99. The number of anilines is 2. The van der Waals surface area contributed by atoms with Crippen molar-refractivity contribution < 1.29 is 9.59 Å². The number of hydrogen-bond donors (Lipinski definition) is 2. The minimum atomic E-state index is -0.544. The van der Waals surface area contributed by atoms with Gasteiger partial charge >= 0.3 is 0 Å². The molecule has 2 aromatic carbocycles. The van der Waals surface area contributed by atoms with Gasteiger partial charge < -0.3 is 15.2 Å². The molecule has 4 rings (SSSR count). The topological polar surface area (TPSA) is 93.1 Å². The smallest absolute Gasteiger partial charge is 0.261 e. The molecule has 0 fully saturated rings. The van der Waals surface area contributed by atoms with Gasteiger partial charge in [0.2, 0.25) is 11.3 Å². The lowest BCUT2D eigenvalue weighted by molar-refractivity contribution is -0.116. The molecule has 0 saturated carbocycles. The van der Waals surface area contributed by atoms with Crippen LogP contribution in [0.4, 0.5) is 11.4 Å². The molecule has 0 bridgehead atoms. The van der Waals surface area contributed by atoms with E-state index < -0.39 is 11.3 Å². The van der Waals surface area contributed by atoms with E-state index in [1.807, 2.05) is 38.1 Å². The van der Waals surface area contributed by atoms with E-state index in [4.69, 9.17) is 0 Å². The fraction of sp³-hybridized carbons (Fsp3) is 0.154. The zero-order valence-corrected chi connectivity index (χ0v) is 18.7. The quantitative estimate of drug-likeness (QED) is 0.486. The maximum Gasteiger partial charge on any atom is 0.261 e. The Hall–Kier alpha value is -4.26. The Morgan fingerprint density at radius 1 is 0.879 bits per heavy atom. The van der Waals surface area contributed by atoms with E-state index in [9.17, 15) is 14.4 Å². The summed E-state index contributed by atoms with van der Waals surface area (Å²) in [5.41, 5.74) is 4.01. The number of carbonyl (C=O) groups is 2. The third-order valence-corrected chi connectivity index (χ3v) is 5.44. The van der Waals surface area contributed by atoms with Crippen molar-refractivity contribution in [3.8, 4) is 0 Å². The van der Waals surface area contributed by atoms with Crippen LogP contribution in [0.25, 0.3) is 11.0 Å². The molecule has 0 saturated heterocycles. The van der Waals surface area contributed by atoms with Gasteiger partial charge in [-0.1, -0.05) is 24.3 Å². The standard InChI is InChI=1S/C26H24N4O3/c1-16-9-11-20(13-17(16)2)28-23(31)15-30-14-22(26(33)29-19-7-5-4-6-8-19)24(32)21-12-10-18(3)27-25(21)30/h4-14H,15H2,1-3H3,(H,28,31)(H,29,33). The van der Waals surface area contributed by atoms with E-state index in [1.54, 1.807) is 47.9 Å². The van der Waals surface area contributed by atoms with Gasteiger partial charge in [0.05, 0.1) is 5.39 Å². The molecular formula is C26H24N4O3. The first-order chi connectivity index (χ1) is 15.8. The number of nitrogens with one attached hydrogen (secondary N) is 2. The Morgan fingerprint density at radius 2 is 1.64 bits per heavy atom. The molecule has 166 valence electrons. The summed E-state index contributed by atoms with van der Waals surface area (Å²) in [6, 6.07) is 17.9. The molecule has 0 aliphatic rings. The molecule has 0 aliphatic heterocycles. The van der Waals surface area contributed by atoms with Gasteiger partial charge in [-0.05, 0) is 68.3 Å². The average Bonchev–Trinajstić information content (AvgIpc) is 2.78. The molecule has 0 unspecified atom stereocenters. The van der Waals surface area contributed by atoms with Gasteiger partial charge in [0.1, 0.15) is 17.8 Å². The first kappa shape index (κ1) is 22.0. The lowest BCUT2D eigenvalue weighted by Gasteiger charge is -2.14. The number of rotatable bonds is 5. The molecule has 2 heterocycles. The van der Waals surface area contributed by atoms with E-state index in [-0.39, 0.29) is 23.4 Å². The Bertz CT molecular complexity index is 1430. The molecule has 7 nitrogen and oxygen atoms in total. The van der Waals surface area contributed by atoms with Crippen LogP contribution >= 0.6 is 0 Å².